The van der Waals surface area contributed by atoms with Gasteiger partial charge in [0.1, 0.15) is 5.82 Å². The van der Waals surface area contributed by atoms with Crippen molar-refractivity contribution in [3.05, 3.63) is 48.0 Å². The number of nitrogens with zero attached hydrogens (tertiary/aromatic N) is 2. The quantitative estimate of drug-likeness (QED) is 0.811. The molecular formula is C14H19N3S. The summed E-state index contributed by atoms with van der Waals surface area (Å²) >= 11 is 1.83. The number of rotatable bonds is 6. The largest absolute Gasteiger partial charge is 0.335 e. The fourth-order valence-electron chi connectivity index (χ4n) is 1.82. The molecule has 2 aromatic rings. The van der Waals surface area contributed by atoms with Crippen molar-refractivity contribution in [2.75, 3.05) is 7.05 Å². The topological polar surface area (TPSA) is 29.9 Å². The first kappa shape index (κ1) is 13.2. The molecule has 0 aliphatic heterocycles. The summed E-state index contributed by atoms with van der Waals surface area (Å²) in [6.07, 6.45) is 3.90. The van der Waals surface area contributed by atoms with Gasteiger partial charge in [-0.15, -0.1) is 11.8 Å². The Kier molecular flexibility index (Phi) is 4.84. The Labute approximate surface area is 113 Å². The summed E-state index contributed by atoms with van der Waals surface area (Å²) in [6.45, 7) is 4.05. The zero-order valence-corrected chi connectivity index (χ0v) is 11.7. The highest BCUT2D eigenvalue weighted by molar-refractivity contribution is 7.98. The molecule has 96 valence electrons. The Bertz CT molecular complexity index is 476. The molecule has 0 radical (unpaired) electrons. The SMILES string of the molecule is CCn1ccnc1CSc1ccc(CNC)cc1. The second-order valence-electron chi connectivity index (χ2n) is 4.09. The van der Waals surface area contributed by atoms with Crippen LogP contribution in [-0.4, -0.2) is 16.6 Å². The molecule has 4 heteroatoms. The van der Waals surface area contributed by atoms with Gasteiger partial charge in [0.15, 0.2) is 0 Å². The van der Waals surface area contributed by atoms with E-state index in [1.165, 1.54) is 10.5 Å². The zero-order chi connectivity index (χ0) is 12.8. The number of aryl methyl sites for hydroxylation is 1. The monoisotopic (exact) mass is 261 g/mol. The van der Waals surface area contributed by atoms with E-state index in [1.807, 2.05) is 31.2 Å². The van der Waals surface area contributed by atoms with Crippen molar-refractivity contribution in [3.8, 4) is 0 Å². The van der Waals surface area contributed by atoms with Crippen LogP contribution in [0.15, 0.2) is 41.6 Å². The van der Waals surface area contributed by atoms with Crippen molar-refractivity contribution in [1.29, 1.82) is 0 Å². The molecule has 0 saturated carbocycles. The standard InChI is InChI=1S/C14H19N3S/c1-3-17-9-8-16-14(17)11-18-13-6-4-12(5-7-13)10-15-2/h4-9,15H,3,10-11H2,1-2H3. The molecule has 0 aliphatic carbocycles. The molecule has 0 bridgehead atoms. The average Bonchev–Trinajstić information content (AvgIpc) is 2.86. The minimum Gasteiger partial charge on any atom is -0.335 e. The van der Waals surface area contributed by atoms with E-state index in [0.29, 0.717) is 0 Å². The minimum atomic E-state index is 0.922. The summed E-state index contributed by atoms with van der Waals surface area (Å²) in [7, 11) is 1.97. The first-order valence-corrected chi connectivity index (χ1v) is 7.18. The lowest BCUT2D eigenvalue weighted by Gasteiger charge is -2.05. The summed E-state index contributed by atoms with van der Waals surface area (Å²) in [5, 5.41) is 3.15. The maximum absolute atomic E-state index is 4.38. The summed E-state index contributed by atoms with van der Waals surface area (Å²) in [4.78, 5) is 5.67. The molecule has 1 N–H and O–H groups in total. The fourth-order valence-corrected chi connectivity index (χ4v) is 2.69. The highest BCUT2D eigenvalue weighted by Crippen LogP contribution is 2.22. The first-order valence-electron chi connectivity index (χ1n) is 6.20. The number of nitrogens with one attached hydrogen (secondary N) is 1. The molecule has 3 nitrogen and oxygen atoms in total. The van der Waals surface area contributed by atoms with Gasteiger partial charge in [-0.05, 0) is 31.7 Å². The molecule has 18 heavy (non-hydrogen) atoms. The smallest absolute Gasteiger partial charge is 0.119 e. The normalized spacial score (nSPS) is 10.8. The van der Waals surface area contributed by atoms with E-state index in [1.54, 1.807) is 0 Å². The highest BCUT2D eigenvalue weighted by atomic mass is 32.2. The van der Waals surface area contributed by atoms with Gasteiger partial charge in [0.25, 0.3) is 0 Å². The third-order valence-corrected chi connectivity index (χ3v) is 3.82. The maximum Gasteiger partial charge on any atom is 0.119 e. The van der Waals surface area contributed by atoms with Crippen LogP contribution in [-0.2, 0) is 18.8 Å². The Balaban J connectivity index is 1.94. The van der Waals surface area contributed by atoms with Gasteiger partial charge in [-0.3, -0.25) is 0 Å². The Morgan fingerprint density at radius 1 is 1.28 bits per heavy atom. The molecule has 0 aliphatic rings. The molecule has 1 heterocycles. The lowest BCUT2D eigenvalue weighted by Crippen LogP contribution is -2.04. The third kappa shape index (κ3) is 3.37. The second-order valence-corrected chi connectivity index (χ2v) is 5.14. The van der Waals surface area contributed by atoms with Gasteiger partial charge in [-0.1, -0.05) is 12.1 Å². The number of hydrogen-bond acceptors (Lipinski definition) is 3. The van der Waals surface area contributed by atoms with Crippen LogP contribution in [0.25, 0.3) is 0 Å². The molecule has 0 atom stereocenters. The molecule has 2 rings (SSSR count). The van der Waals surface area contributed by atoms with Gasteiger partial charge >= 0.3 is 0 Å². The van der Waals surface area contributed by atoms with Crippen molar-refractivity contribution in [2.24, 2.45) is 0 Å². The molecule has 1 aromatic heterocycles. The molecule has 0 amide bonds. The fraction of sp³-hybridized carbons (Fsp3) is 0.357. The average molecular weight is 261 g/mol. The number of benzene rings is 1. The van der Waals surface area contributed by atoms with Crippen LogP contribution in [0.5, 0.6) is 0 Å². The van der Waals surface area contributed by atoms with Gasteiger partial charge in [-0.25, -0.2) is 4.98 Å². The van der Waals surface area contributed by atoms with E-state index in [-0.39, 0.29) is 0 Å². The second kappa shape index (κ2) is 6.61. The van der Waals surface area contributed by atoms with Crippen LogP contribution < -0.4 is 5.32 Å². The summed E-state index contributed by atoms with van der Waals surface area (Å²) in [5.74, 6) is 2.06. The van der Waals surface area contributed by atoms with Crippen LogP contribution in [0.2, 0.25) is 0 Å². The van der Waals surface area contributed by atoms with Crippen molar-refractivity contribution in [3.63, 3.8) is 0 Å². The molecule has 0 spiro atoms. The van der Waals surface area contributed by atoms with E-state index >= 15 is 0 Å². The summed E-state index contributed by atoms with van der Waals surface area (Å²) in [5.41, 5.74) is 1.32. The van der Waals surface area contributed by atoms with Crippen LogP contribution in [0, 0.1) is 0 Å². The molecule has 0 unspecified atom stereocenters. The third-order valence-electron chi connectivity index (χ3n) is 2.81. The predicted molar refractivity (Wildman–Crippen MR) is 76.7 cm³/mol. The van der Waals surface area contributed by atoms with Gasteiger partial charge in [0.2, 0.25) is 0 Å². The van der Waals surface area contributed by atoms with Gasteiger partial charge in [0, 0.05) is 30.4 Å². The van der Waals surface area contributed by atoms with E-state index < -0.39 is 0 Å². The Morgan fingerprint density at radius 3 is 2.72 bits per heavy atom. The first-order chi connectivity index (χ1) is 8.83. The lowest BCUT2D eigenvalue weighted by molar-refractivity contribution is 0.725. The lowest BCUT2D eigenvalue weighted by atomic mass is 10.2. The molecular weight excluding hydrogens is 242 g/mol. The van der Waals surface area contributed by atoms with Gasteiger partial charge < -0.3 is 9.88 Å². The van der Waals surface area contributed by atoms with Crippen LogP contribution in [0.3, 0.4) is 0 Å². The number of aromatic nitrogens is 2. The molecule has 1 aromatic carbocycles. The number of hydrogen-bond donors (Lipinski definition) is 1. The van der Waals surface area contributed by atoms with Crippen molar-refractivity contribution in [2.45, 2.75) is 30.7 Å². The van der Waals surface area contributed by atoms with Crippen LogP contribution in [0.1, 0.15) is 18.3 Å². The molecule has 0 saturated heterocycles. The highest BCUT2D eigenvalue weighted by Gasteiger charge is 2.02. The van der Waals surface area contributed by atoms with Crippen molar-refractivity contribution < 1.29 is 0 Å². The van der Waals surface area contributed by atoms with E-state index in [0.717, 1.165) is 24.7 Å². The zero-order valence-electron chi connectivity index (χ0n) is 10.9. The minimum absolute atomic E-state index is 0.922. The maximum atomic E-state index is 4.38. The van der Waals surface area contributed by atoms with Crippen molar-refractivity contribution in [1.82, 2.24) is 14.9 Å². The Hall–Kier alpha value is -1.26. The van der Waals surface area contributed by atoms with Gasteiger partial charge in [-0.2, -0.15) is 0 Å². The summed E-state index contributed by atoms with van der Waals surface area (Å²) < 4.78 is 2.18. The number of thioether (sulfide) groups is 1. The summed E-state index contributed by atoms with van der Waals surface area (Å²) in [6, 6.07) is 8.70. The van der Waals surface area contributed by atoms with Gasteiger partial charge in [0.05, 0.1) is 5.75 Å². The van der Waals surface area contributed by atoms with E-state index in [4.69, 9.17) is 0 Å². The predicted octanol–water partition coefficient (Wildman–Crippen LogP) is 2.91. The van der Waals surface area contributed by atoms with Crippen LogP contribution >= 0.6 is 11.8 Å². The van der Waals surface area contributed by atoms with E-state index in [9.17, 15) is 0 Å². The van der Waals surface area contributed by atoms with Crippen LogP contribution in [0.4, 0.5) is 0 Å². The number of imidazole rings is 1. The van der Waals surface area contributed by atoms with E-state index in [2.05, 4.69) is 46.1 Å². The van der Waals surface area contributed by atoms with Crippen molar-refractivity contribution >= 4 is 11.8 Å². The molecule has 0 fully saturated rings. The Morgan fingerprint density at radius 2 is 2.06 bits per heavy atom.